The first kappa shape index (κ1) is 18.9. The normalized spacial score (nSPS) is 12.1. The van der Waals surface area contributed by atoms with Gasteiger partial charge in [-0.1, -0.05) is 0 Å². The van der Waals surface area contributed by atoms with Crippen molar-refractivity contribution in [3.8, 4) is 0 Å². The molecule has 0 aliphatic rings. The smallest absolute Gasteiger partial charge is 0.0727 e. The number of hydrogen-bond donors (Lipinski definition) is 4. The first-order chi connectivity index (χ1) is 10.5. The van der Waals surface area contributed by atoms with Gasteiger partial charge in [0, 0.05) is 13.1 Å². The van der Waals surface area contributed by atoms with E-state index in [2.05, 4.69) is 9.97 Å². The second kappa shape index (κ2) is 9.78. The van der Waals surface area contributed by atoms with Crippen molar-refractivity contribution in [2.45, 2.75) is 25.2 Å². The summed E-state index contributed by atoms with van der Waals surface area (Å²) in [6, 6.07) is -0.634. The Labute approximate surface area is 130 Å². The van der Waals surface area contributed by atoms with Crippen LogP contribution in [0.25, 0.3) is 0 Å². The zero-order chi connectivity index (χ0) is 16.5. The molecule has 0 fully saturated rings. The molecular weight excluding hydrogens is 288 g/mol. The number of likely N-dealkylation sites (N-methyl/N-ethyl adjacent to an activating group) is 2. The third-order valence-corrected chi connectivity index (χ3v) is 3.67. The second-order valence-corrected chi connectivity index (χ2v) is 5.37. The molecule has 4 N–H and O–H groups in total. The summed E-state index contributed by atoms with van der Waals surface area (Å²) in [7, 11) is 3.60. The predicted molar refractivity (Wildman–Crippen MR) is 80.9 cm³/mol. The number of hydrogen-bond acceptors (Lipinski definition) is 8. The predicted octanol–water partition coefficient (Wildman–Crippen LogP) is -1.95. The van der Waals surface area contributed by atoms with Gasteiger partial charge in [0.2, 0.25) is 0 Å². The van der Waals surface area contributed by atoms with Crippen molar-refractivity contribution < 1.29 is 20.4 Å². The zero-order valence-electron chi connectivity index (χ0n) is 13.1. The Morgan fingerprint density at radius 3 is 1.32 bits per heavy atom. The molecule has 8 heteroatoms. The molecule has 0 radical (unpaired) electrons. The van der Waals surface area contributed by atoms with E-state index in [0.29, 0.717) is 13.1 Å². The van der Waals surface area contributed by atoms with Crippen molar-refractivity contribution in [3.63, 3.8) is 0 Å². The van der Waals surface area contributed by atoms with Crippen molar-refractivity contribution in [3.05, 3.63) is 23.8 Å². The van der Waals surface area contributed by atoms with Crippen LogP contribution < -0.4 is 0 Å². The van der Waals surface area contributed by atoms with E-state index in [9.17, 15) is 0 Å². The Balaban J connectivity index is 2.59. The van der Waals surface area contributed by atoms with Crippen LogP contribution in [0, 0.1) is 0 Å². The van der Waals surface area contributed by atoms with Gasteiger partial charge < -0.3 is 20.4 Å². The maximum atomic E-state index is 9.13. The second-order valence-electron chi connectivity index (χ2n) is 5.37. The number of aliphatic hydroxyl groups excluding tert-OH is 4. The highest BCUT2D eigenvalue weighted by Gasteiger charge is 2.15. The van der Waals surface area contributed by atoms with Crippen LogP contribution in [0.2, 0.25) is 0 Å². The topological polar surface area (TPSA) is 113 Å². The van der Waals surface area contributed by atoms with E-state index in [4.69, 9.17) is 20.4 Å². The maximum absolute atomic E-state index is 9.13. The average Bonchev–Trinajstić information content (AvgIpc) is 2.51. The van der Waals surface area contributed by atoms with Gasteiger partial charge in [-0.25, -0.2) is 0 Å². The standard InChI is InChI=1S/C14H26N4O4/c1-17(13(7-19)8-20)5-11-3-16-12(4-15-11)6-18(2)14(9-21)10-22/h3-4,13-14,19-22H,5-10H2,1-2H3. The minimum Gasteiger partial charge on any atom is -0.395 e. The molecule has 0 spiro atoms. The molecule has 0 aliphatic heterocycles. The quantitative estimate of drug-likeness (QED) is 0.394. The molecule has 1 aromatic heterocycles. The van der Waals surface area contributed by atoms with Gasteiger partial charge in [-0.3, -0.25) is 19.8 Å². The van der Waals surface area contributed by atoms with Gasteiger partial charge in [-0.2, -0.15) is 0 Å². The lowest BCUT2D eigenvalue weighted by Gasteiger charge is -2.25. The van der Waals surface area contributed by atoms with Crippen LogP contribution in [-0.2, 0) is 13.1 Å². The Hall–Kier alpha value is -1.16. The molecule has 22 heavy (non-hydrogen) atoms. The van der Waals surface area contributed by atoms with Gasteiger partial charge in [0.1, 0.15) is 0 Å². The number of rotatable bonds is 10. The van der Waals surface area contributed by atoms with Gasteiger partial charge in [-0.15, -0.1) is 0 Å². The van der Waals surface area contributed by atoms with Crippen LogP contribution in [-0.4, -0.2) is 92.8 Å². The molecule has 0 atom stereocenters. The molecule has 1 rings (SSSR count). The average molecular weight is 314 g/mol. The molecule has 8 nitrogen and oxygen atoms in total. The van der Waals surface area contributed by atoms with E-state index >= 15 is 0 Å². The summed E-state index contributed by atoms with van der Waals surface area (Å²) >= 11 is 0. The first-order valence-corrected chi connectivity index (χ1v) is 7.19. The lowest BCUT2D eigenvalue weighted by Crippen LogP contribution is -2.38. The van der Waals surface area contributed by atoms with Crippen LogP contribution in [0.1, 0.15) is 11.4 Å². The summed E-state index contributed by atoms with van der Waals surface area (Å²) in [6.07, 6.45) is 3.30. The van der Waals surface area contributed by atoms with Gasteiger partial charge in [-0.05, 0) is 14.1 Å². The Bertz CT molecular complexity index is 371. The molecule has 0 saturated carbocycles. The summed E-state index contributed by atoms with van der Waals surface area (Å²) in [5, 5.41) is 36.5. The van der Waals surface area contributed by atoms with E-state index in [1.807, 2.05) is 9.80 Å². The van der Waals surface area contributed by atoms with Crippen LogP contribution in [0.3, 0.4) is 0 Å². The fraction of sp³-hybridized carbons (Fsp3) is 0.714. The Morgan fingerprint density at radius 2 is 1.09 bits per heavy atom. The molecule has 0 bridgehead atoms. The van der Waals surface area contributed by atoms with Crippen molar-refractivity contribution in [2.24, 2.45) is 0 Å². The monoisotopic (exact) mass is 314 g/mol. The van der Waals surface area contributed by atoms with Crippen LogP contribution in [0.4, 0.5) is 0 Å². The third-order valence-electron chi connectivity index (χ3n) is 3.67. The number of aliphatic hydroxyl groups is 4. The minimum atomic E-state index is -0.317. The third kappa shape index (κ3) is 5.56. The largest absolute Gasteiger partial charge is 0.395 e. The van der Waals surface area contributed by atoms with E-state index in [0.717, 1.165) is 11.4 Å². The summed E-state index contributed by atoms with van der Waals surface area (Å²) in [5.74, 6) is 0. The summed E-state index contributed by atoms with van der Waals surface area (Å²) in [6.45, 7) is 0.482. The van der Waals surface area contributed by atoms with Crippen molar-refractivity contribution in [1.29, 1.82) is 0 Å². The van der Waals surface area contributed by atoms with Crippen LogP contribution in [0.15, 0.2) is 12.4 Å². The lowest BCUT2D eigenvalue weighted by molar-refractivity contribution is 0.0852. The Morgan fingerprint density at radius 1 is 0.773 bits per heavy atom. The van der Waals surface area contributed by atoms with E-state index in [1.54, 1.807) is 26.5 Å². The van der Waals surface area contributed by atoms with Crippen LogP contribution >= 0.6 is 0 Å². The Kier molecular flexibility index (Phi) is 8.39. The number of nitrogens with zero attached hydrogens (tertiary/aromatic N) is 4. The molecule has 1 aromatic rings. The highest BCUT2D eigenvalue weighted by molar-refractivity contribution is 5.03. The lowest BCUT2D eigenvalue weighted by atomic mass is 10.2. The minimum absolute atomic E-state index is 0.118. The van der Waals surface area contributed by atoms with E-state index in [-0.39, 0.29) is 38.5 Å². The molecule has 0 aromatic carbocycles. The fourth-order valence-electron chi connectivity index (χ4n) is 1.99. The zero-order valence-corrected chi connectivity index (χ0v) is 13.1. The van der Waals surface area contributed by atoms with Crippen LogP contribution in [0.5, 0.6) is 0 Å². The van der Waals surface area contributed by atoms with E-state index in [1.165, 1.54) is 0 Å². The number of aromatic nitrogens is 2. The first-order valence-electron chi connectivity index (χ1n) is 7.19. The van der Waals surface area contributed by atoms with Gasteiger partial charge in [0.25, 0.3) is 0 Å². The highest BCUT2D eigenvalue weighted by atomic mass is 16.3. The van der Waals surface area contributed by atoms with Gasteiger partial charge >= 0.3 is 0 Å². The molecule has 0 amide bonds. The van der Waals surface area contributed by atoms with Crippen molar-refractivity contribution in [2.75, 3.05) is 40.5 Å². The van der Waals surface area contributed by atoms with Gasteiger partial charge in [0.05, 0.1) is 62.3 Å². The molecular formula is C14H26N4O4. The molecule has 1 heterocycles. The SMILES string of the molecule is CN(Cc1cnc(CN(C)C(CO)CO)cn1)C(CO)CO. The highest BCUT2D eigenvalue weighted by Crippen LogP contribution is 2.06. The molecule has 0 aliphatic carbocycles. The molecule has 126 valence electrons. The molecule has 0 unspecified atom stereocenters. The van der Waals surface area contributed by atoms with Crippen molar-refractivity contribution in [1.82, 2.24) is 19.8 Å². The summed E-state index contributed by atoms with van der Waals surface area (Å²) in [5.41, 5.74) is 1.48. The summed E-state index contributed by atoms with van der Waals surface area (Å²) < 4.78 is 0. The maximum Gasteiger partial charge on any atom is 0.0727 e. The fourth-order valence-corrected chi connectivity index (χ4v) is 1.99. The van der Waals surface area contributed by atoms with Crippen molar-refractivity contribution >= 4 is 0 Å². The van der Waals surface area contributed by atoms with Gasteiger partial charge in [0.15, 0.2) is 0 Å². The molecule has 0 saturated heterocycles. The summed E-state index contributed by atoms with van der Waals surface area (Å²) in [4.78, 5) is 12.2. The van der Waals surface area contributed by atoms with E-state index < -0.39 is 0 Å².